The van der Waals surface area contributed by atoms with E-state index < -0.39 is 0 Å². The number of carbonyl (C=O) groups excluding carboxylic acids is 1. The maximum absolute atomic E-state index is 13.1. The van der Waals surface area contributed by atoms with E-state index in [4.69, 9.17) is 0 Å². The van der Waals surface area contributed by atoms with E-state index >= 15 is 0 Å². The number of quaternary nitrogens is 1. The quantitative estimate of drug-likeness (QED) is 0.427. The standard InChI is InChI=1S/C25H25N2O/c1-2-26-23-12-7-6-11-21(23)22-17-20(14-15-24(22)26)27(16-8-13-25(27)28)18-19-9-4-3-5-10-19/h3-7,9-12,14-15,17H,2,8,13,16,18H2,1H3/q+1. The summed E-state index contributed by atoms with van der Waals surface area (Å²) in [5.74, 6) is 0.336. The minimum atomic E-state index is 0.336. The molecule has 3 aromatic carbocycles. The number of hydrogen-bond acceptors (Lipinski definition) is 1. The van der Waals surface area contributed by atoms with E-state index in [2.05, 4.69) is 78.2 Å². The lowest BCUT2D eigenvalue weighted by molar-refractivity contribution is -0.127. The summed E-state index contributed by atoms with van der Waals surface area (Å²) in [6.45, 7) is 4.74. The number of rotatable bonds is 4. The van der Waals surface area contributed by atoms with Crippen molar-refractivity contribution in [3.05, 3.63) is 78.4 Å². The van der Waals surface area contributed by atoms with Crippen LogP contribution in [0.5, 0.6) is 0 Å². The Morgan fingerprint density at radius 1 is 0.893 bits per heavy atom. The highest BCUT2D eigenvalue weighted by Gasteiger charge is 2.43. The van der Waals surface area contributed by atoms with Crippen molar-refractivity contribution in [1.82, 2.24) is 9.05 Å². The van der Waals surface area contributed by atoms with Crippen molar-refractivity contribution in [1.29, 1.82) is 0 Å². The normalized spacial score (nSPS) is 19.7. The molecule has 0 aliphatic carbocycles. The van der Waals surface area contributed by atoms with Gasteiger partial charge in [0.2, 0.25) is 0 Å². The lowest BCUT2D eigenvalue weighted by Crippen LogP contribution is -2.49. The van der Waals surface area contributed by atoms with Gasteiger partial charge < -0.3 is 4.57 Å². The molecular weight excluding hydrogens is 344 g/mol. The van der Waals surface area contributed by atoms with Crippen molar-refractivity contribution in [3.8, 4) is 0 Å². The number of aryl methyl sites for hydroxylation is 1. The molecule has 4 aromatic rings. The third kappa shape index (κ3) is 2.50. The zero-order valence-corrected chi connectivity index (χ0v) is 16.3. The Morgan fingerprint density at radius 2 is 1.64 bits per heavy atom. The highest BCUT2D eigenvalue weighted by atomic mass is 16.2. The van der Waals surface area contributed by atoms with Gasteiger partial charge in [0.1, 0.15) is 12.2 Å². The van der Waals surface area contributed by atoms with Gasteiger partial charge in [0, 0.05) is 52.5 Å². The molecule has 3 heteroatoms. The molecule has 1 fully saturated rings. The van der Waals surface area contributed by atoms with E-state index in [9.17, 15) is 4.79 Å². The smallest absolute Gasteiger partial charge is 0.319 e. The Morgan fingerprint density at radius 3 is 2.39 bits per heavy atom. The summed E-state index contributed by atoms with van der Waals surface area (Å²) < 4.78 is 2.80. The van der Waals surface area contributed by atoms with Crippen LogP contribution in [0.2, 0.25) is 0 Å². The molecule has 1 atom stereocenters. The first-order valence-corrected chi connectivity index (χ1v) is 10.2. The first kappa shape index (κ1) is 17.2. The molecule has 1 aliphatic heterocycles. The molecule has 1 aromatic heterocycles. The van der Waals surface area contributed by atoms with Crippen LogP contribution in [0.3, 0.4) is 0 Å². The zero-order chi connectivity index (χ0) is 19.1. The topological polar surface area (TPSA) is 22.0 Å². The molecule has 0 radical (unpaired) electrons. The second-order valence-electron chi connectivity index (χ2n) is 7.80. The monoisotopic (exact) mass is 369 g/mol. The molecule has 1 saturated heterocycles. The number of aromatic nitrogens is 1. The Labute approximate surface area is 165 Å². The second-order valence-corrected chi connectivity index (χ2v) is 7.80. The minimum absolute atomic E-state index is 0.336. The van der Waals surface area contributed by atoms with Crippen LogP contribution in [-0.4, -0.2) is 17.0 Å². The number of likely N-dealkylation sites (tertiary alicyclic amines) is 1. The molecule has 28 heavy (non-hydrogen) atoms. The summed E-state index contributed by atoms with van der Waals surface area (Å²) in [7, 11) is 0. The Kier molecular flexibility index (Phi) is 4.06. The predicted octanol–water partition coefficient (Wildman–Crippen LogP) is 5.64. The molecule has 0 N–H and O–H groups in total. The first-order chi connectivity index (χ1) is 13.7. The first-order valence-electron chi connectivity index (χ1n) is 10.2. The van der Waals surface area contributed by atoms with Gasteiger partial charge in [0.15, 0.2) is 0 Å². The molecule has 0 bridgehead atoms. The van der Waals surface area contributed by atoms with Gasteiger partial charge in [-0.15, -0.1) is 0 Å². The van der Waals surface area contributed by atoms with Gasteiger partial charge in [-0.1, -0.05) is 48.5 Å². The SMILES string of the molecule is CCn1c2ccccc2c2cc([N+]3(Cc4ccccc4)CCCC3=O)ccc21. The average molecular weight is 369 g/mol. The van der Waals surface area contributed by atoms with Crippen LogP contribution in [0, 0.1) is 0 Å². The van der Waals surface area contributed by atoms with Gasteiger partial charge in [-0.3, -0.25) is 0 Å². The van der Waals surface area contributed by atoms with Crippen LogP contribution in [0.1, 0.15) is 25.3 Å². The Balaban J connectivity index is 1.72. The van der Waals surface area contributed by atoms with E-state index in [1.165, 1.54) is 27.4 Å². The van der Waals surface area contributed by atoms with Gasteiger partial charge in [0.05, 0.1) is 13.0 Å². The zero-order valence-electron chi connectivity index (χ0n) is 16.3. The second kappa shape index (κ2) is 6.61. The molecule has 2 heterocycles. The van der Waals surface area contributed by atoms with E-state index in [1.54, 1.807) is 0 Å². The summed E-state index contributed by atoms with van der Waals surface area (Å²) in [5, 5.41) is 2.52. The number of benzene rings is 3. The number of carbonyl (C=O) groups is 1. The molecule has 140 valence electrons. The Bertz CT molecular complexity index is 1180. The molecule has 1 amide bonds. The molecule has 3 nitrogen and oxygen atoms in total. The molecule has 1 aliphatic rings. The maximum Gasteiger partial charge on any atom is 0.319 e. The van der Waals surface area contributed by atoms with Crippen LogP contribution >= 0.6 is 0 Å². The third-order valence-corrected chi connectivity index (χ3v) is 6.27. The highest BCUT2D eigenvalue weighted by molar-refractivity contribution is 6.09. The summed E-state index contributed by atoms with van der Waals surface area (Å²) in [5.41, 5.74) is 4.85. The van der Waals surface area contributed by atoms with Gasteiger partial charge in [-0.2, -0.15) is 0 Å². The molecule has 0 spiro atoms. The van der Waals surface area contributed by atoms with Crippen molar-refractivity contribution in [3.63, 3.8) is 0 Å². The lowest BCUT2D eigenvalue weighted by Gasteiger charge is -2.31. The van der Waals surface area contributed by atoms with Crippen LogP contribution in [0.15, 0.2) is 72.8 Å². The van der Waals surface area contributed by atoms with Crippen LogP contribution in [-0.2, 0) is 17.9 Å². The van der Waals surface area contributed by atoms with E-state index in [0.717, 1.165) is 31.7 Å². The van der Waals surface area contributed by atoms with Crippen molar-refractivity contribution < 1.29 is 4.79 Å². The average Bonchev–Trinajstić information content (AvgIpc) is 3.26. The van der Waals surface area contributed by atoms with E-state index in [0.29, 0.717) is 16.8 Å². The van der Waals surface area contributed by atoms with Gasteiger partial charge >= 0.3 is 5.91 Å². The van der Waals surface area contributed by atoms with Gasteiger partial charge in [-0.25, -0.2) is 9.28 Å². The van der Waals surface area contributed by atoms with Crippen molar-refractivity contribution in [2.75, 3.05) is 6.54 Å². The molecule has 1 unspecified atom stereocenters. The largest absolute Gasteiger partial charge is 0.341 e. The molecule has 5 rings (SSSR count). The fourth-order valence-electron chi connectivity index (χ4n) is 4.91. The summed E-state index contributed by atoms with van der Waals surface area (Å²) in [6.07, 6.45) is 1.63. The predicted molar refractivity (Wildman–Crippen MR) is 116 cm³/mol. The number of para-hydroxylation sites is 1. The number of amides is 1. The molecular formula is C25H25N2O+. The number of fused-ring (bicyclic) bond motifs is 3. The van der Waals surface area contributed by atoms with E-state index in [-0.39, 0.29) is 0 Å². The fraction of sp³-hybridized carbons (Fsp3) is 0.240. The minimum Gasteiger partial charge on any atom is -0.341 e. The number of hydrogen-bond donors (Lipinski definition) is 0. The fourth-order valence-corrected chi connectivity index (χ4v) is 4.91. The maximum atomic E-state index is 13.1. The van der Waals surface area contributed by atoms with Crippen LogP contribution in [0.4, 0.5) is 5.69 Å². The van der Waals surface area contributed by atoms with Gasteiger partial charge in [-0.05, 0) is 19.1 Å². The van der Waals surface area contributed by atoms with Crippen molar-refractivity contribution in [2.45, 2.75) is 32.9 Å². The Hall–Kier alpha value is -2.91. The third-order valence-electron chi connectivity index (χ3n) is 6.27. The summed E-state index contributed by atoms with van der Waals surface area (Å²) >= 11 is 0. The highest BCUT2D eigenvalue weighted by Crippen LogP contribution is 2.38. The van der Waals surface area contributed by atoms with Gasteiger partial charge in [0.25, 0.3) is 0 Å². The lowest BCUT2D eigenvalue weighted by atomic mass is 10.1. The number of nitrogens with zero attached hydrogens (tertiary/aromatic N) is 2. The van der Waals surface area contributed by atoms with Crippen LogP contribution in [0.25, 0.3) is 21.8 Å². The van der Waals surface area contributed by atoms with Crippen LogP contribution < -0.4 is 4.48 Å². The van der Waals surface area contributed by atoms with E-state index in [1.807, 2.05) is 6.07 Å². The molecule has 0 saturated carbocycles. The van der Waals surface area contributed by atoms with Crippen molar-refractivity contribution in [2.24, 2.45) is 0 Å². The van der Waals surface area contributed by atoms with Crippen molar-refractivity contribution >= 4 is 33.4 Å². The summed E-state index contributed by atoms with van der Waals surface area (Å²) in [6, 6.07) is 25.7. The summed E-state index contributed by atoms with van der Waals surface area (Å²) in [4.78, 5) is 13.1.